The number of hydrogen-bond donors (Lipinski definition) is 2. The van der Waals surface area contributed by atoms with E-state index in [-0.39, 0.29) is 0 Å². The first-order valence-electron chi connectivity index (χ1n) is 3.96. The van der Waals surface area contributed by atoms with E-state index in [0.29, 0.717) is 11.5 Å². The van der Waals surface area contributed by atoms with Crippen LogP contribution in [0.2, 0.25) is 0 Å². The molecule has 2 heterocycles. The number of aromatic nitrogens is 3. The summed E-state index contributed by atoms with van der Waals surface area (Å²) >= 11 is 0. The number of fused-ring (bicyclic) bond motifs is 1. The van der Waals surface area contributed by atoms with E-state index in [1.54, 1.807) is 29.1 Å². The van der Waals surface area contributed by atoms with Gasteiger partial charge in [-0.05, 0) is 6.07 Å². The van der Waals surface area contributed by atoms with Crippen LogP contribution in [0.15, 0.2) is 24.7 Å². The molecule has 0 aliphatic heterocycles. The van der Waals surface area contributed by atoms with Gasteiger partial charge >= 0.3 is 5.97 Å². The molecule has 6 heteroatoms. The molecule has 0 radical (unpaired) electrons. The lowest BCUT2D eigenvalue weighted by Crippen LogP contribution is -2.20. The van der Waals surface area contributed by atoms with Crippen LogP contribution >= 0.6 is 0 Å². The molecular weight excluding hydrogens is 184 g/mol. The summed E-state index contributed by atoms with van der Waals surface area (Å²) in [6.45, 7) is 0. The number of imidazole rings is 1. The van der Waals surface area contributed by atoms with Crippen LogP contribution in [0.1, 0.15) is 11.7 Å². The van der Waals surface area contributed by atoms with Crippen molar-refractivity contribution < 1.29 is 9.90 Å². The summed E-state index contributed by atoms with van der Waals surface area (Å²) in [5.74, 6) is -0.660. The number of nitrogens with two attached hydrogens (primary N) is 1. The summed E-state index contributed by atoms with van der Waals surface area (Å²) in [5.41, 5.74) is 5.70. The van der Waals surface area contributed by atoms with Crippen molar-refractivity contribution in [1.29, 1.82) is 0 Å². The maximum Gasteiger partial charge on any atom is 0.326 e. The molecule has 0 amide bonds. The van der Waals surface area contributed by atoms with Crippen LogP contribution in [-0.4, -0.2) is 25.4 Å². The molecule has 0 aromatic carbocycles. The number of carbonyl (C=O) groups is 1. The first kappa shape index (κ1) is 8.64. The molecule has 0 fully saturated rings. The molecule has 14 heavy (non-hydrogen) atoms. The Balaban J connectivity index is 2.50. The minimum absolute atomic E-state index is 0.302. The molecular formula is C8H8N4O2. The Labute approximate surface area is 79.0 Å². The fraction of sp³-hybridized carbons (Fsp3) is 0.125. The third-order valence-electron chi connectivity index (χ3n) is 1.84. The van der Waals surface area contributed by atoms with Gasteiger partial charge in [-0.3, -0.25) is 9.20 Å². The first-order valence-corrected chi connectivity index (χ1v) is 3.96. The first-order chi connectivity index (χ1) is 6.68. The minimum atomic E-state index is -1.10. The highest BCUT2D eigenvalue weighted by molar-refractivity contribution is 5.74. The summed E-state index contributed by atoms with van der Waals surface area (Å²) in [5, 5.41) is 8.67. The van der Waals surface area contributed by atoms with Crippen molar-refractivity contribution >= 4 is 11.7 Å². The van der Waals surface area contributed by atoms with Crippen LogP contribution < -0.4 is 5.73 Å². The van der Waals surface area contributed by atoms with Crippen LogP contribution in [0.5, 0.6) is 0 Å². The second kappa shape index (κ2) is 3.08. The highest BCUT2D eigenvalue weighted by Crippen LogP contribution is 2.09. The summed E-state index contributed by atoms with van der Waals surface area (Å²) in [7, 11) is 0. The molecule has 2 rings (SSSR count). The summed E-state index contributed by atoms with van der Waals surface area (Å²) in [6, 6.07) is 0.627. The predicted molar refractivity (Wildman–Crippen MR) is 47.6 cm³/mol. The summed E-state index contributed by atoms with van der Waals surface area (Å²) < 4.78 is 1.62. The van der Waals surface area contributed by atoms with Gasteiger partial charge in [0.15, 0.2) is 0 Å². The van der Waals surface area contributed by atoms with E-state index in [2.05, 4.69) is 9.97 Å². The fourth-order valence-corrected chi connectivity index (χ4v) is 1.12. The maximum absolute atomic E-state index is 10.6. The Morgan fingerprint density at radius 2 is 2.43 bits per heavy atom. The van der Waals surface area contributed by atoms with E-state index in [0.717, 1.165) is 0 Å². The zero-order valence-corrected chi connectivity index (χ0v) is 7.16. The molecule has 2 aromatic rings. The lowest BCUT2D eigenvalue weighted by Gasteiger charge is -1.99. The lowest BCUT2D eigenvalue weighted by molar-refractivity contribution is -0.138. The molecule has 3 N–H and O–H groups in total. The zero-order valence-electron chi connectivity index (χ0n) is 7.16. The number of aliphatic carboxylic acids is 1. The standard InChI is InChI=1S/C8H8N4O2/c9-6(7(13)14)5-4-12-3-1-2-10-8(12)11-5/h1-4,6H,9H2,(H,13,14). The molecule has 6 nitrogen and oxygen atoms in total. The normalized spacial score (nSPS) is 12.9. The molecule has 1 unspecified atom stereocenters. The van der Waals surface area contributed by atoms with Crippen LogP contribution in [-0.2, 0) is 4.79 Å². The van der Waals surface area contributed by atoms with Gasteiger partial charge in [-0.15, -0.1) is 0 Å². The highest BCUT2D eigenvalue weighted by Gasteiger charge is 2.17. The zero-order chi connectivity index (χ0) is 10.1. The van der Waals surface area contributed by atoms with Crippen LogP contribution in [0, 0.1) is 0 Å². The van der Waals surface area contributed by atoms with E-state index in [1.807, 2.05) is 0 Å². The lowest BCUT2D eigenvalue weighted by atomic mass is 10.2. The van der Waals surface area contributed by atoms with Gasteiger partial charge in [0.05, 0.1) is 5.69 Å². The van der Waals surface area contributed by atoms with Crippen molar-refractivity contribution in [3.63, 3.8) is 0 Å². The van der Waals surface area contributed by atoms with Gasteiger partial charge in [0, 0.05) is 18.6 Å². The average Bonchev–Trinajstić information content (AvgIpc) is 2.59. The van der Waals surface area contributed by atoms with Gasteiger partial charge < -0.3 is 10.8 Å². The monoisotopic (exact) mass is 192 g/mol. The van der Waals surface area contributed by atoms with Gasteiger partial charge in [0.2, 0.25) is 5.78 Å². The van der Waals surface area contributed by atoms with Crippen molar-refractivity contribution in [2.45, 2.75) is 6.04 Å². The molecule has 0 saturated heterocycles. The van der Waals surface area contributed by atoms with E-state index >= 15 is 0 Å². The third kappa shape index (κ3) is 1.31. The Kier molecular flexibility index (Phi) is 1.90. The van der Waals surface area contributed by atoms with Crippen molar-refractivity contribution in [3.8, 4) is 0 Å². The Hall–Kier alpha value is -1.95. The largest absolute Gasteiger partial charge is 0.480 e. The van der Waals surface area contributed by atoms with E-state index in [9.17, 15) is 4.79 Å². The summed E-state index contributed by atoms with van der Waals surface area (Å²) in [4.78, 5) is 18.5. The van der Waals surface area contributed by atoms with E-state index in [1.165, 1.54) is 0 Å². The second-order valence-electron chi connectivity index (χ2n) is 2.81. The average molecular weight is 192 g/mol. The van der Waals surface area contributed by atoms with Gasteiger partial charge in [0.1, 0.15) is 6.04 Å². The quantitative estimate of drug-likeness (QED) is 0.688. The molecule has 0 spiro atoms. The second-order valence-corrected chi connectivity index (χ2v) is 2.81. The van der Waals surface area contributed by atoms with E-state index in [4.69, 9.17) is 10.8 Å². The fourth-order valence-electron chi connectivity index (χ4n) is 1.12. The topological polar surface area (TPSA) is 93.5 Å². The predicted octanol–water partition coefficient (Wildman–Crippen LogP) is -0.186. The SMILES string of the molecule is NC(C(=O)O)c1cn2cccnc2n1. The minimum Gasteiger partial charge on any atom is -0.480 e. The van der Waals surface area contributed by atoms with Gasteiger partial charge in [-0.1, -0.05) is 0 Å². The van der Waals surface area contributed by atoms with E-state index < -0.39 is 12.0 Å². The molecule has 0 aliphatic carbocycles. The van der Waals surface area contributed by atoms with Crippen LogP contribution in [0.3, 0.4) is 0 Å². The van der Waals surface area contributed by atoms with Crippen LogP contribution in [0.25, 0.3) is 5.78 Å². The maximum atomic E-state index is 10.6. The van der Waals surface area contributed by atoms with Crippen molar-refractivity contribution in [2.24, 2.45) is 5.73 Å². The van der Waals surface area contributed by atoms with Gasteiger partial charge in [0.25, 0.3) is 0 Å². The molecule has 0 bridgehead atoms. The third-order valence-corrected chi connectivity index (χ3v) is 1.84. The number of hydrogen-bond acceptors (Lipinski definition) is 4. The Morgan fingerprint density at radius 3 is 3.07 bits per heavy atom. The number of nitrogens with zero attached hydrogens (tertiary/aromatic N) is 3. The van der Waals surface area contributed by atoms with Crippen LogP contribution in [0.4, 0.5) is 0 Å². The van der Waals surface area contributed by atoms with Gasteiger partial charge in [-0.25, -0.2) is 9.97 Å². The highest BCUT2D eigenvalue weighted by atomic mass is 16.4. The Bertz CT molecular complexity index is 446. The Morgan fingerprint density at radius 1 is 1.64 bits per heavy atom. The molecule has 0 saturated carbocycles. The summed E-state index contributed by atoms with van der Waals surface area (Å²) in [6.07, 6.45) is 4.87. The molecule has 1 atom stereocenters. The van der Waals surface area contributed by atoms with Crippen molar-refractivity contribution in [3.05, 3.63) is 30.4 Å². The van der Waals surface area contributed by atoms with Crippen molar-refractivity contribution in [2.75, 3.05) is 0 Å². The smallest absolute Gasteiger partial charge is 0.326 e. The molecule has 0 aliphatic rings. The number of carboxylic acids is 1. The van der Waals surface area contributed by atoms with Crippen molar-refractivity contribution in [1.82, 2.24) is 14.4 Å². The number of rotatable bonds is 2. The van der Waals surface area contributed by atoms with Gasteiger partial charge in [-0.2, -0.15) is 0 Å². The molecule has 72 valence electrons. The number of carboxylic acid groups (broad SMARTS) is 1. The molecule has 2 aromatic heterocycles.